The van der Waals surface area contributed by atoms with Gasteiger partial charge in [0.05, 0.1) is 12.1 Å². The predicted octanol–water partition coefficient (Wildman–Crippen LogP) is 2.80. The number of aliphatic hydroxyl groups is 1. The minimum absolute atomic E-state index is 0.238. The van der Waals surface area contributed by atoms with Gasteiger partial charge < -0.3 is 9.67 Å². The number of aryl methyl sites for hydroxylation is 1. The van der Waals surface area contributed by atoms with Crippen molar-refractivity contribution >= 4 is 0 Å². The molecule has 0 radical (unpaired) electrons. The molecule has 0 saturated carbocycles. The van der Waals surface area contributed by atoms with E-state index in [1.54, 1.807) is 6.20 Å². The van der Waals surface area contributed by atoms with Crippen molar-refractivity contribution in [2.24, 2.45) is 7.05 Å². The van der Waals surface area contributed by atoms with Gasteiger partial charge in [-0.2, -0.15) is 0 Å². The van der Waals surface area contributed by atoms with Crippen molar-refractivity contribution in [3.63, 3.8) is 0 Å². The second-order valence-corrected chi connectivity index (χ2v) is 7.56. The van der Waals surface area contributed by atoms with Gasteiger partial charge in [-0.3, -0.25) is 4.90 Å². The third-order valence-corrected chi connectivity index (χ3v) is 5.78. The van der Waals surface area contributed by atoms with Crippen LogP contribution in [0.5, 0.6) is 0 Å². The minimum atomic E-state index is -0.928. The third-order valence-electron chi connectivity index (χ3n) is 5.78. The zero-order valence-electron chi connectivity index (χ0n) is 14.3. The van der Waals surface area contributed by atoms with Crippen LogP contribution in [0.3, 0.4) is 0 Å². The molecule has 1 aromatic heterocycles. The number of hydrogen-bond acceptors (Lipinski definition) is 3. The summed E-state index contributed by atoms with van der Waals surface area (Å²) in [6.45, 7) is 0.778. The Hall–Kier alpha value is -1.79. The summed E-state index contributed by atoms with van der Waals surface area (Å²) >= 11 is 0. The molecule has 1 N–H and O–H groups in total. The molecule has 0 aliphatic carbocycles. The SMILES string of the molecule is Cn1ccnc1CN1[C@H]2CC[C@H]1CC(O)(Cc1ccc(F)cc1F)C2. The lowest BCUT2D eigenvalue weighted by molar-refractivity contribution is -0.0552. The zero-order valence-corrected chi connectivity index (χ0v) is 14.3. The zero-order chi connectivity index (χ0) is 17.6. The molecule has 0 unspecified atom stereocenters. The van der Waals surface area contributed by atoms with Gasteiger partial charge in [0.1, 0.15) is 17.5 Å². The van der Waals surface area contributed by atoms with Gasteiger partial charge in [-0.05, 0) is 37.3 Å². The first-order chi connectivity index (χ1) is 11.9. The van der Waals surface area contributed by atoms with Gasteiger partial charge in [0.25, 0.3) is 0 Å². The lowest BCUT2D eigenvalue weighted by atomic mass is 9.81. The Labute approximate surface area is 146 Å². The Morgan fingerprint density at radius 1 is 1.24 bits per heavy atom. The van der Waals surface area contributed by atoms with Crippen LogP contribution >= 0.6 is 0 Å². The van der Waals surface area contributed by atoms with Gasteiger partial charge in [0, 0.05) is 44.0 Å². The van der Waals surface area contributed by atoms with E-state index in [0.717, 1.165) is 31.3 Å². The summed E-state index contributed by atoms with van der Waals surface area (Å²) < 4.78 is 29.1. The van der Waals surface area contributed by atoms with E-state index in [1.807, 2.05) is 17.8 Å². The van der Waals surface area contributed by atoms with E-state index in [9.17, 15) is 13.9 Å². The highest BCUT2D eigenvalue weighted by Gasteiger charge is 2.47. The van der Waals surface area contributed by atoms with Crippen LogP contribution in [0.2, 0.25) is 0 Å². The smallest absolute Gasteiger partial charge is 0.129 e. The maximum absolute atomic E-state index is 14.0. The molecule has 25 heavy (non-hydrogen) atoms. The molecule has 2 bridgehead atoms. The highest BCUT2D eigenvalue weighted by molar-refractivity contribution is 5.21. The third kappa shape index (κ3) is 3.20. The first-order valence-electron chi connectivity index (χ1n) is 8.82. The number of aromatic nitrogens is 2. The quantitative estimate of drug-likeness (QED) is 0.925. The molecule has 0 spiro atoms. The summed E-state index contributed by atoms with van der Waals surface area (Å²) in [5.41, 5.74) is -0.538. The van der Waals surface area contributed by atoms with Gasteiger partial charge in [0.2, 0.25) is 0 Å². The molecule has 6 heteroatoms. The number of benzene rings is 1. The predicted molar refractivity (Wildman–Crippen MR) is 89.8 cm³/mol. The lowest BCUT2D eigenvalue weighted by Gasteiger charge is -2.43. The molecule has 134 valence electrons. The van der Waals surface area contributed by atoms with E-state index < -0.39 is 17.2 Å². The standard InChI is InChI=1S/C19H23F2N3O/c1-23-7-6-22-18(23)12-24-15-4-5-16(24)11-19(25,10-15)9-13-2-3-14(20)8-17(13)21/h2-3,6-8,15-16,25H,4-5,9-12H2,1H3/t15-,16-/m0/s1. The molecule has 1 aromatic carbocycles. The number of fused-ring (bicyclic) bond motifs is 2. The number of piperidine rings is 1. The average Bonchev–Trinajstić information content (AvgIpc) is 3.05. The number of imidazole rings is 1. The second kappa shape index (κ2) is 6.18. The molecule has 2 aliphatic heterocycles. The largest absolute Gasteiger partial charge is 0.389 e. The van der Waals surface area contributed by atoms with E-state index in [-0.39, 0.29) is 18.5 Å². The summed E-state index contributed by atoms with van der Waals surface area (Å²) in [6, 6.07) is 4.16. The maximum Gasteiger partial charge on any atom is 0.129 e. The van der Waals surface area contributed by atoms with E-state index >= 15 is 0 Å². The van der Waals surface area contributed by atoms with Crippen LogP contribution in [-0.4, -0.2) is 37.2 Å². The molecule has 2 aliphatic rings. The summed E-state index contributed by atoms with van der Waals surface area (Å²) in [7, 11) is 1.99. The Balaban J connectivity index is 1.49. The van der Waals surface area contributed by atoms with Crippen LogP contribution in [0.25, 0.3) is 0 Å². The van der Waals surface area contributed by atoms with Gasteiger partial charge in [0.15, 0.2) is 0 Å². The molecule has 4 rings (SSSR count). The molecular formula is C19H23F2N3O. The van der Waals surface area contributed by atoms with E-state index in [4.69, 9.17) is 0 Å². The highest BCUT2D eigenvalue weighted by atomic mass is 19.1. The van der Waals surface area contributed by atoms with E-state index in [0.29, 0.717) is 18.4 Å². The van der Waals surface area contributed by atoms with Gasteiger partial charge in [-0.25, -0.2) is 13.8 Å². The lowest BCUT2D eigenvalue weighted by Crippen LogP contribution is -2.51. The minimum Gasteiger partial charge on any atom is -0.389 e. The van der Waals surface area contributed by atoms with Crippen LogP contribution in [0.4, 0.5) is 8.78 Å². The van der Waals surface area contributed by atoms with Crippen molar-refractivity contribution in [3.05, 3.63) is 53.6 Å². The van der Waals surface area contributed by atoms with Gasteiger partial charge in [-0.1, -0.05) is 6.07 Å². The van der Waals surface area contributed by atoms with Crippen LogP contribution in [0.1, 0.15) is 37.1 Å². The number of rotatable bonds is 4. The number of nitrogens with zero attached hydrogens (tertiary/aromatic N) is 3. The van der Waals surface area contributed by atoms with Gasteiger partial charge in [-0.15, -0.1) is 0 Å². The van der Waals surface area contributed by atoms with Gasteiger partial charge >= 0.3 is 0 Å². The molecule has 3 heterocycles. The molecule has 2 atom stereocenters. The van der Waals surface area contributed by atoms with Crippen LogP contribution in [0, 0.1) is 11.6 Å². The molecule has 0 amide bonds. The Morgan fingerprint density at radius 2 is 1.96 bits per heavy atom. The molecular weight excluding hydrogens is 324 g/mol. The van der Waals surface area contributed by atoms with Crippen molar-refractivity contribution in [1.29, 1.82) is 0 Å². The first kappa shape index (κ1) is 16.7. The van der Waals surface area contributed by atoms with Crippen molar-refractivity contribution in [2.75, 3.05) is 0 Å². The van der Waals surface area contributed by atoms with Crippen LogP contribution in [-0.2, 0) is 20.0 Å². The second-order valence-electron chi connectivity index (χ2n) is 7.56. The normalized spacial score (nSPS) is 29.3. The number of hydrogen-bond donors (Lipinski definition) is 1. The molecule has 2 fully saturated rings. The van der Waals surface area contributed by atoms with E-state index in [1.165, 1.54) is 12.1 Å². The monoisotopic (exact) mass is 347 g/mol. The Kier molecular flexibility index (Phi) is 4.12. The average molecular weight is 347 g/mol. The van der Waals surface area contributed by atoms with Crippen molar-refractivity contribution in [3.8, 4) is 0 Å². The molecule has 2 saturated heterocycles. The van der Waals surface area contributed by atoms with Crippen molar-refractivity contribution in [1.82, 2.24) is 14.5 Å². The summed E-state index contributed by atoms with van der Waals surface area (Å²) in [5.74, 6) is -0.138. The fourth-order valence-electron chi connectivity index (χ4n) is 4.55. The Bertz CT molecular complexity index is 762. The van der Waals surface area contributed by atoms with Crippen LogP contribution < -0.4 is 0 Å². The molecule has 4 nitrogen and oxygen atoms in total. The van der Waals surface area contributed by atoms with Crippen LogP contribution in [0.15, 0.2) is 30.6 Å². The fraction of sp³-hybridized carbons (Fsp3) is 0.526. The van der Waals surface area contributed by atoms with Crippen molar-refractivity contribution < 1.29 is 13.9 Å². The molecule has 2 aromatic rings. The summed E-state index contributed by atoms with van der Waals surface area (Å²) in [4.78, 5) is 6.83. The summed E-state index contributed by atoms with van der Waals surface area (Å²) in [6.07, 6.45) is 7.30. The maximum atomic E-state index is 14.0. The topological polar surface area (TPSA) is 41.3 Å². The Morgan fingerprint density at radius 3 is 2.56 bits per heavy atom. The highest BCUT2D eigenvalue weighted by Crippen LogP contribution is 2.43. The number of halogens is 2. The fourth-order valence-corrected chi connectivity index (χ4v) is 4.55. The first-order valence-corrected chi connectivity index (χ1v) is 8.82. The van der Waals surface area contributed by atoms with E-state index in [2.05, 4.69) is 9.88 Å². The summed E-state index contributed by atoms with van der Waals surface area (Å²) in [5, 5.41) is 11.1. The van der Waals surface area contributed by atoms with Crippen molar-refractivity contribution in [2.45, 2.75) is 56.3 Å².